The van der Waals surface area contributed by atoms with Crippen LogP contribution in [-0.4, -0.2) is 37.6 Å². The van der Waals surface area contributed by atoms with Gasteiger partial charge in [-0.25, -0.2) is 0 Å². The van der Waals surface area contributed by atoms with Gasteiger partial charge in [-0.15, -0.1) is 0 Å². The number of benzene rings is 2. The summed E-state index contributed by atoms with van der Waals surface area (Å²) in [4.78, 5) is 15.2. The summed E-state index contributed by atoms with van der Waals surface area (Å²) in [6.07, 6.45) is 3.73. The molecule has 0 saturated carbocycles. The van der Waals surface area contributed by atoms with Gasteiger partial charge in [0.2, 0.25) is 0 Å². The Morgan fingerprint density at radius 2 is 1.74 bits per heavy atom. The number of hydrogen-bond donors (Lipinski definition) is 1. The number of methoxy groups -OCH3 is 1. The van der Waals surface area contributed by atoms with E-state index in [0.29, 0.717) is 6.54 Å². The molecule has 1 amide bonds. The first kappa shape index (κ1) is 19.4. The standard InChI is InChI=1S/C23H30N2O2/c1-17-7-8-20(15-18(17)2)23(26)24-16-22(25-13-5-4-6-14-25)19-9-11-21(27-3)12-10-19/h7-12,15,22H,4-6,13-14,16H2,1-3H3,(H,24,26). The minimum Gasteiger partial charge on any atom is -0.497 e. The summed E-state index contributed by atoms with van der Waals surface area (Å²) in [7, 11) is 1.68. The number of carbonyl (C=O) groups excluding carboxylic acids is 1. The second-order valence-corrected chi connectivity index (χ2v) is 7.39. The summed E-state index contributed by atoms with van der Waals surface area (Å²) in [6, 6.07) is 14.3. The van der Waals surface area contributed by atoms with Crippen LogP contribution in [-0.2, 0) is 0 Å². The number of piperidine rings is 1. The number of rotatable bonds is 6. The van der Waals surface area contributed by atoms with E-state index in [1.807, 2.05) is 37.3 Å². The Morgan fingerprint density at radius 3 is 2.37 bits per heavy atom. The normalized spacial score (nSPS) is 16.0. The SMILES string of the molecule is COc1ccc(C(CNC(=O)c2ccc(C)c(C)c2)N2CCCCC2)cc1. The average Bonchev–Trinajstić information content (AvgIpc) is 2.71. The first-order valence-electron chi connectivity index (χ1n) is 9.82. The van der Waals surface area contributed by atoms with E-state index in [9.17, 15) is 4.79 Å². The second-order valence-electron chi connectivity index (χ2n) is 7.39. The van der Waals surface area contributed by atoms with E-state index in [-0.39, 0.29) is 11.9 Å². The number of carbonyl (C=O) groups is 1. The molecule has 1 heterocycles. The van der Waals surface area contributed by atoms with Gasteiger partial charge in [0.1, 0.15) is 5.75 Å². The Morgan fingerprint density at radius 1 is 1.04 bits per heavy atom. The highest BCUT2D eigenvalue weighted by molar-refractivity contribution is 5.94. The number of aryl methyl sites for hydroxylation is 2. The van der Waals surface area contributed by atoms with E-state index in [2.05, 4.69) is 29.3 Å². The molecule has 4 heteroatoms. The number of nitrogens with one attached hydrogen (secondary N) is 1. The molecule has 0 bridgehead atoms. The van der Waals surface area contributed by atoms with Crippen LogP contribution in [0.2, 0.25) is 0 Å². The van der Waals surface area contributed by atoms with E-state index in [1.165, 1.54) is 30.4 Å². The Balaban J connectivity index is 1.73. The monoisotopic (exact) mass is 366 g/mol. The molecule has 1 saturated heterocycles. The Hall–Kier alpha value is -2.33. The van der Waals surface area contributed by atoms with E-state index >= 15 is 0 Å². The van der Waals surface area contributed by atoms with E-state index in [0.717, 1.165) is 30.0 Å². The molecular weight excluding hydrogens is 336 g/mol. The van der Waals surface area contributed by atoms with Crippen LogP contribution in [0.4, 0.5) is 0 Å². The summed E-state index contributed by atoms with van der Waals surface area (Å²) >= 11 is 0. The van der Waals surface area contributed by atoms with Crippen molar-refractivity contribution < 1.29 is 9.53 Å². The van der Waals surface area contributed by atoms with Crippen LogP contribution in [0.5, 0.6) is 5.75 Å². The second kappa shape index (κ2) is 9.05. The van der Waals surface area contributed by atoms with Gasteiger partial charge in [0.05, 0.1) is 13.2 Å². The molecule has 1 unspecified atom stereocenters. The summed E-state index contributed by atoms with van der Waals surface area (Å²) in [6.45, 7) is 6.87. The maximum Gasteiger partial charge on any atom is 0.251 e. The molecule has 1 N–H and O–H groups in total. The molecular formula is C23H30N2O2. The van der Waals surface area contributed by atoms with Crippen molar-refractivity contribution in [2.24, 2.45) is 0 Å². The minimum absolute atomic E-state index is 0.00591. The molecule has 0 aromatic heterocycles. The number of hydrogen-bond acceptors (Lipinski definition) is 3. The predicted molar refractivity (Wildman–Crippen MR) is 109 cm³/mol. The predicted octanol–water partition coefficient (Wildman–Crippen LogP) is 4.27. The summed E-state index contributed by atoms with van der Waals surface area (Å²) < 4.78 is 5.29. The van der Waals surface area contributed by atoms with Gasteiger partial charge in [0, 0.05) is 12.1 Å². The molecule has 3 rings (SSSR count). The van der Waals surface area contributed by atoms with Crippen LogP contribution < -0.4 is 10.1 Å². The van der Waals surface area contributed by atoms with Gasteiger partial charge >= 0.3 is 0 Å². The molecule has 2 aromatic rings. The lowest BCUT2D eigenvalue weighted by Gasteiger charge is -2.35. The quantitative estimate of drug-likeness (QED) is 0.830. The van der Waals surface area contributed by atoms with E-state index in [1.54, 1.807) is 7.11 Å². The highest BCUT2D eigenvalue weighted by Gasteiger charge is 2.23. The molecule has 1 aliphatic rings. The maximum atomic E-state index is 12.7. The van der Waals surface area contributed by atoms with Crippen molar-refractivity contribution in [3.63, 3.8) is 0 Å². The van der Waals surface area contributed by atoms with Crippen molar-refractivity contribution in [3.05, 3.63) is 64.7 Å². The lowest BCUT2D eigenvalue weighted by molar-refractivity contribution is 0.0924. The summed E-state index contributed by atoms with van der Waals surface area (Å²) in [5.41, 5.74) is 4.30. The van der Waals surface area contributed by atoms with Crippen molar-refractivity contribution in [2.45, 2.75) is 39.2 Å². The minimum atomic E-state index is -0.00591. The third kappa shape index (κ3) is 4.89. The zero-order valence-corrected chi connectivity index (χ0v) is 16.6. The van der Waals surface area contributed by atoms with Crippen molar-refractivity contribution in [1.29, 1.82) is 0 Å². The zero-order valence-electron chi connectivity index (χ0n) is 16.6. The Labute approximate surface area is 162 Å². The van der Waals surface area contributed by atoms with Crippen molar-refractivity contribution in [2.75, 3.05) is 26.7 Å². The molecule has 4 nitrogen and oxygen atoms in total. The van der Waals surface area contributed by atoms with Crippen LogP contribution in [0, 0.1) is 13.8 Å². The fourth-order valence-electron chi connectivity index (χ4n) is 3.69. The Kier molecular flexibility index (Phi) is 6.51. The van der Waals surface area contributed by atoms with Crippen LogP contribution in [0.1, 0.15) is 52.4 Å². The van der Waals surface area contributed by atoms with Crippen molar-refractivity contribution >= 4 is 5.91 Å². The molecule has 0 aliphatic carbocycles. The highest BCUT2D eigenvalue weighted by atomic mass is 16.5. The molecule has 1 fully saturated rings. The smallest absolute Gasteiger partial charge is 0.251 e. The van der Waals surface area contributed by atoms with Gasteiger partial charge in [0.15, 0.2) is 0 Å². The lowest BCUT2D eigenvalue weighted by Crippen LogP contribution is -2.40. The van der Waals surface area contributed by atoms with Gasteiger partial charge in [-0.1, -0.05) is 24.6 Å². The van der Waals surface area contributed by atoms with Gasteiger partial charge in [0.25, 0.3) is 5.91 Å². The van der Waals surface area contributed by atoms with Gasteiger partial charge < -0.3 is 10.1 Å². The first-order valence-corrected chi connectivity index (χ1v) is 9.82. The lowest BCUT2D eigenvalue weighted by atomic mass is 10.0. The number of ether oxygens (including phenoxy) is 1. The van der Waals surface area contributed by atoms with Crippen LogP contribution in [0.25, 0.3) is 0 Å². The van der Waals surface area contributed by atoms with E-state index in [4.69, 9.17) is 4.74 Å². The van der Waals surface area contributed by atoms with Crippen LogP contribution in [0.15, 0.2) is 42.5 Å². The van der Waals surface area contributed by atoms with E-state index < -0.39 is 0 Å². The molecule has 27 heavy (non-hydrogen) atoms. The first-order chi connectivity index (χ1) is 13.1. The summed E-state index contributed by atoms with van der Waals surface area (Å²) in [5.74, 6) is 0.851. The fraction of sp³-hybridized carbons (Fsp3) is 0.435. The van der Waals surface area contributed by atoms with Crippen LogP contribution >= 0.6 is 0 Å². The summed E-state index contributed by atoms with van der Waals surface area (Å²) in [5, 5.41) is 3.16. The maximum absolute atomic E-state index is 12.7. The molecule has 144 valence electrons. The molecule has 0 radical (unpaired) electrons. The average molecular weight is 367 g/mol. The van der Waals surface area contributed by atoms with Crippen molar-refractivity contribution in [1.82, 2.24) is 10.2 Å². The highest BCUT2D eigenvalue weighted by Crippen LogP contribution is 2.26. The molecule has 0 spiro atoms. The molecule has 1 atom stereocenters. The van der Waals surface area contributed by atoms with Crippen molar-refractivity contribution in [3.8, 4) is 5.75 Å². The van der Waals surface area contributed by atoms with Gasteiger partial charge in [-0.2, -0.15) is 0 Å². The third-order valence-electron chi connectivity index (χ3n) is 5.56. The van der Waals surface area contributed by atoms with Crippen LogP contribution in [0.3, 0.4) is 0 Å². The molecule has 1 aliphatic heterocycles. The number of nitrogens with zero attached hydrogens (tertiary/aromatic N) is 1. The largest absolute Gasteiger partial charge is 0.497 e. The third-order valence-corrected chi connectivity index (χ3v) is 5.56. The molecule has 2 aromatic carbocycles. The Bertz CT molecular complexity index is 764. The zero-order chi connectivity index (χ0) is 19.2. The topological polar surface area (TPSA) is 41.6 Å². The van der Waals surface area contributed by atoms with Gasteiger partial charge in [-0.3, -0.25) is 9.69 Å². The number of amides is 1. The number of likely N-dealkylation sites (tertiary alicyclic amines) is 1. The fourth-order valence-corrected chi connectivity index (χ4v) is 3.69. The van der Waals surface area contributed by atoms with Gasteiger partial charge in [-0.05, 0) is 80.7 Å².